The first-order valence-electron chi connectivity index (χ1n) is 7.97. The number of nitrogens with one attached hydrogen (secondary N) is 1. The predicted octanol–water partition coefficient (Wildman–Crippen LogP) is 5.15. The molecule has 0 aliphatic rings. The van der Waals surface area contributed by atoms with Gasteiger partial charge in [0.1, 0.15) is 0 Å². The van der Waals surface area contributed by atoms with Gasteiger partial charge in [-0.25, -0.2) is 0 Å². The van der Waals surface area contributed by atoms with E-state index in [1.807, 2.05) is 30.5 Å². The lowest BCUT2D eigenvalue weighted by Crippen LogP contribution is -2.11. The van der Waals surface area contributed by atoms with Crippen LogP contribution in [0.25, 0.3) is 6.08 Å². The zero-order chi connectivity index (χ0) is 18.4. The highest BCUT2D eigenvalue weighted by Crippen LogP contribution is 2.17. The van der Waals surface area contributed by atoms with E-state index >= 15 is 0 Å². The number of rotatable bonds is 6. The fraction of sp³-hybridized carbons (Fsp3) is 0.0476. The number of anilines is 1. The monoisotopic (exact) mass is 363 g/mol. The van der Waals surface area contributed by atoms with Crippen molar-refractivity contribution in [3.8, 4) is 0 Å². The average Bonchev–Trinajstić information content (AvgIpc) is 3.22. The molecule has 5 heteroatoms. The van der Waals surface area contributed by atoms with Crippen LogP contribution < -0.4 is 5.32 Å². The van der Waals surface area contributed by atoms with Gasteiger partial charge in [-0.1, -0.05) is 30.3 Å². The van der Waals surface area contributed by atoms with Crippen molar-refractivity contribution >= 4 is 35.2 Å². The van der Waals surface area contributed by atoms with Crippen LogP contribution >= 0.6 is 11.8 Å². The Balaban J connectivity index is 1.69. The van der Waals surface area contributed by atoms with E-state index in [2.05, 4.69) is 5.32 Å². The molecule has 0 atom stereocenters. The molecule has 0 spiro atoms. The molecule has 0 saturated carbocycles. The zero-order valence-corrected chi connectivity index (χ0v) is 15.0. The third-order valence-corrected chi connectivity index (χ3v) is 4.44. The molecule has 0 radical (unpaired) electrons. The molecule has 4 nitrogen and oxygen atoms in total. The SMILES string of the molecule is CSc1ccc(/C=C/C(=O)c2cccc(NC(=O)c3ccco3)c2)cc1. The van der Waals surface area contributed by atoms with E-state index < -0.39 is 0 Å². The molecule has 1 N–H and O–H groups in total. The predicted molar refractivity (Wildman–Crippen MR) is 105 cm³/mol. The van der Waals surface area contributed by atoms with Gasteiger partial charge in [-0.15, -0.1) is 11.8 Å². The van der Waals surface area contributed by atoms with Crippen molar-refractivity contribution in [2.24, 2.45) is 0 Å². The highest BCUT2D eigenvalue weighted by atomic mass is 32.2. The summed E-state index contributed by atoms with van der Waals surface area (Å²) in [6, 6.07) is 18.0. The average molecular weight is 363 g/mol. The molecule has 1 aromatic heterocycles. The summed E-state index contributed by atoms with van der Waals surface area (Å²) < 4.78 is 5.06. The summed E-state index contributed by atoms with van der Waals surface area (Å²) in [6.45, 7) is 0. The second-order valence-electron chi connectivity index (χ2n) is 5.48. The maximum absolute atomic E-state index is 12.4. The maximum Gasteiger partial charge on any atom is 0.291 e. The van der Waals surface area contributed by atoms with Crippen LogP contribution in [0.5, 0.6) is 0 Å². The van der Waals surface area contributed by atoms with Crippen LogP contribution in [0.2, 0.25) is 0 Å². The summed E-state index contributed by atoms with van der Waals surface area (Å²) >= 11 is 1.67. The number of ketones is 1. The Morgan fingerprint density at radius 1 is 1.04 bits per heavy atom. The van der Waals surface area contributed by atoms with Gasteiger partial charge < -0.3 is 9.73 Å². The van der Waals surface area contributed by atoms with Crippen LogP contribution in [-0.2, 0) is 0 Å². The number of allylic oxidation sites excluding steroid dienone is 1. The van der Waals surface area contributed by atoms with Crippen molar-refractivity contribution in [1.82, 2.24) is 0 Å². The van der Waals surface area contributed by atoms with Crippen LogP contribution in [0, 0.1) is 0 Å². The first-order chi connectivity index (χ1) is 12.7. The Morgan fingerprint density at radius 2 is 1.85 bits per heavy atom. The smallest absolute Gasteiger partial charge is 0.291 e. The van der Waals surface area contributed by atoms with Gasteiger partial charge in [-0.2, -0.15) is 0 Å². The van der Waals surface area contributed by atoms with Gasteiger partial charge in [-0.3, -0.25) is 9.59 Å². The molecule has 0 aliphatic carbocycles. The molecular weight excluding hydrogens is 346 g/mol. The van der Waals surface area contributed by atoms with Crippen molar-refractivity contribution in [3.05, 3.63) is 89.9 Å². The van der Waals surface area contributed by atoms with E-state index in [9.17, 15) is 9.59 Å². The first kappa shape index (κ1) is 17.8. The minimum Gasteiger partial charge on any atom is -0.459 e. The van der Waals surface area contributed by atoms with Crippen molar-refractivity contribution < 1.29 is 14.0 Å². The number of carbonyl (C=O) groups excluding carboxylic acids is 2. The van der Waals surface area contributed by atoms with Gasteiger partial charge in [0.15, 0.2) is 11.5 Å². The highest BCUT2D eigenvalue weighted by molar-refractivity contribution is 7.98. The van der Waals surface area contributed by atoms with Gasteiger partial charge in [0.05, 0.1) is 6.26 Å². The van der Waals surface area contributed by atoms with E-state index in [1.165, 1.54) is 17.2 Å². The molecule has 0 fully saturated rings. The quantitative estimate of drug-likeness (QED) is 0.374. The summed E-state index contributed by atoms with van der Waals surface area (Å²) in [4.78, 5) is 25.6. The molecule has 0 bridgehead atoms. The number of amides is 1. The van der Waals surface area contributed by atoms with Gasteiger partial charge in [0, 0.05) is 16.1 Å². The Hall–Kier alpha value is -3.05. The second-order valence-corrected chi connectivity index (χ2v) is 6.36. The third-order valence-electron chi connectivity index (χ3n) is 3.69. The second kappa shape index (κ2) is 8.36. The molecular formula is C21H17NO3S. The molecule has 0 unspecified atom stereocenters. The maximum atomic E-state index is 12.4. The summed E-state index contributed by atoms with van der Waals surface area (Å²) in [5.41, 5.74) is 1.99. The Bertz CT molecular complexity index is 928. The summed E-state index contributed by atoms with van der Waals surface area (Å²) in [5, 5.41) is 2.71. The van der Waals surface area contributed by atoms with Gasteiger partial charge in [0.25, 0.3) is 5.91 Å². The van der Waals surface area contributed by atoms with E-state index in [-0.39, 0.29) is 17.5 Å². The lowest BCUT2D eigenvalue weighted by atomic mass is 10.1. The molecule has 26 heavy (non-hydrogen) atoms. The van der Waals surface area contributed by atoms with E-state index in [4.69, 9.17) is 4.42 Å². The lowest BCUT2D eigenvalue weighted by molar-refractivity contribution is 0.0994. The van der Waals surface area contributed by atoms with E-state index in [0.29, 0.717) is 11.3 Å². The zero-order valence-electron chi connectivity index (χ0n) is 14.1. The summed E-state index contributed by atoms with van der Waals surface area (Å²) in [6.07, 6.45) is 6.76. The minimum atomic E-state index is -0.357. The Morgan fingerprint density at radius 3 is 2.54 bits per heavy atom. The van der Waals surface area contributed by atoms with Crippen LogP contribution in [0.3, 0.4) is 0 Å². The molecule has 0 aliphatic heterocycles. The first-order valence-corrected chi connectivity index (χ1v) is 9.19. The number of benzene rings is 2. The Labute approximate surface area is 155 Å². The van der Waals surface area contributed by atoms with Crippen molar-refractivity contribution in [3.63, 3.8) is 0 Å². The standard InChI is InChI=1S/C21H17NO3S/c1-26-18-10-7-15(8-11-18)9-12-19(23)16-4-2-5-17(14-16)22-21(24)20-6-3-13-25-20/h2-14H,1H3,(H,22,24)/b12-9+. The molecule has 3 rings (SSSR count). The minimum absolute atomic E-state index is 0.131. The molecule has 130 valence electrons. The number of thioether (sulfide) groups is 1. The number of hydrogen-bond acceptors (Lipinski definition) is 4. The number of hydrogen-bond donors (Lipinski definition) is 1. The van der Waals surface area contributed by atoms with Crippen LogP contribution in [0.15, 0.2) is 82.3 Å². The van der Waals surface area contributed by atoms with Crippen LogP contribution in [0.1, 0.15) is 26.5 Å². The Kier molecular flexibility index (Phi) is 5.71. The fourth-order valence-corrected chi connectivity index (χ4v) is 2.74. The number of furan rings is 1. The molecule has 1 heterocycles. The van der Waals surface area contributed by atoms with Gasteiger partial charge in [0.2, 0.25) is 0 Å². The van der Waals surface area contributed by atoms with E-state index in [1.54, 1.807) is 54.2 Å². The molecule has 0 saturated heterocycles. The molecule has 2 aromatic carbocycles. The molecule has 1 amide bonds. The van der Waals surface area contributed by atoms with Crippen LogP contribution in [-0.4, -0.2) is 17.9 Å². The van der Waals surface area contributed by atoms with E-state index in [0.717, 1.165) is 5.56 Å². The van der Waals surface area contributed by atoms with Crippen LogP contribution in [0.4, 0.5) is 5.69 Å². The van der Waals surface area contributed by atoms with Gasteiger partial charge in [-0.05, 0) is 54.3 Å². The van der Waals surface area contributed by atoms with Crippen molar-refractivity contribution in [2.75, 3.05) is 11.6 Å². The molecule has 3 aromatic rings. The highest BCUT2D eigenvalue weighted by Gasteiger charge is 2.10. The fourth-order valence-electron chi connectivity index (χ4n) is 2.33. The largest absolute Gasteiger partial charge is 0.459 e. The normalized spacial score (nSPS) is 10.8. The lowest BCUT2D eigenvalue weighted by Gasteiger charge is -2.04. The van der Waals surface area contributed by atoms with Gasteiger partial charge >= 0.3 is 0 Å². The summed E-state index contributed by atoms with van der Waals surface area (Å²) in [7, 11) is 0. The van der Waals surface area contributed by atoms with Crippen molar-refractivity contribution in [2.45, 2.75) is 4.90 Å². The summed E-state index contributed by atoms with van der Waals surface area (Å²) in [5.74, 6) is -0.271. The number of carbonyl (C=O) groups is 2. The topological polar surface area (TPSA) is 59.3 Å². The van der Waals surface area contributed by atoms with Crippen molar-refractivity contribution in [1.29, 1.82) is 0 Å². The third kappa shape index (κ3) is 4.52.